The maximum absolute atomic E-state index is 11.0. The fourth-order valence-corrected chi connectivity index (χ4v) is 1.77. The number of esters is 1. The Bertz CT molecular complexity index is 642. The zero-order chi connectivity index (χ0) is 15.2. The molecule has 0 heterocycles. The first-order chi connectivity index (χ1) is 10.1. The molecule has 0 saturated carbocycles. The Labute approximate surface area is 126 Å². The standard InChI is InChI=1S/C16H13ClO4/c17-10-16(20)21-15-5-3-11(4-6-15)1-2-12-7-13(18)9-14(19)8-12/h1-9,18-19H,10H2/b2-1+. The Balaban J connectivity index is 2.09. The van der Waals surface area contributed by atoms with Crippen LogP contribution in [-0.2, 0) is 4.79 Å². The molecule has 2 aromatic rings. The molecular formula is C16H13ClO4. The Morgan fingerprint density at radius 1 is 1.00 bits per heavy atom. The largest absolute Gasteiger partial charge is 0.508 e. The summed E-state index contributed by atoms with van der Waals surface area (Å²) in [5.41, 5.74) is 1.55. The van der Waals surface area contributed by atoms with Crippen LogP contribution in [0.1, 0.15) is 11.1 Å². The lowest BCUT2D eigenvalue weighted by molar-refractivity contribution is -0.131. The minimum Gasteiger partial charge on any atom is -0.508 e. The monoisotopic (exact) mass is 304 g/mol. The molecular weight excluding hydrogens is 292 g/mol. The highest BCUT2D eigenvalue weighted by molar-refractivity contribution is 6.26. The van der Waals surface area contributed by atoms with E-state index in [2.05, 4.69) is 0 Å². The molecule has 0 atom stereocenters. The first-order valence-electron chi connectivity index (χ1n) is 6.14. The number of phenolic OH excluding ortho intramolecular Hbond substituents is 2. The summed E-state index contributed by atoms with van der Waals surface area (Å²) in [6, 6.07) is 11.2. The predicted molar refractivity (Wildman–Crippen MR) is 81.5 cm³/mol. The molecule has 0 bridgehead atoms. The molecule has 0 amide bonds. The zero-order valence-corrected chi connectivity index (χ0v) is 11.7. The van der Waals surface area contributed by atoms with Crippen LogP contribution in [-0.4, -0.2) is 22.1 Å². The van der Waals surface area contributed by atoms with Crippen molar-refractivity contribution in [3.63, 3.8) is 0 Å². The summed E-state index contributed by atoms with van der Waals surface area (Å²) in [6.45, 7) is 0. The van der Waals surface area contributed by atoms with Crippen LogP contribution in [0.4, 0.5) is 0 Å². The molecule has 0 radical (unpaired) electrons. The van der Waals surface area contributed by atoms with Crippen LogP contribution in [0.25, 0.3) is 12.2 Å². The minimum atomic E-state index is -0.504. The fraction of sp³-hybridized carbons (Fsp3) is 0.0625. The van der Waals surface area contributed by atoms with Crippen LogP contribution in [0.15, 0.2) is 42.5 Å². The first kappa shape index (κ1) is 14.9. The smallest absolute Gasteiger partial charge is 0.326 e. The van der Waals surface area contributed by atoms with Crippen molar-refractivity contribution in [2.24, 2.45) is 0 Å². The number of aromatic hydroxyl groups is 2. The summed E-state index contributed by atoms with van der Waals surface area (Å²) in [4.78, 5) is 11.0. The van der Waals surface area contributed by atoms with Crippen LogP contribution in [0.3, 0.4) is 0 Å². The molecule has 0 saturated heterocycles. The van der Waals surface area contributed by atoms with Crippen LogP contribution in [0.5, 0.6) is 17.2 Å². The van der Waals surface area contributed by atoms with Gasteiger partial charge in [0, 0.05) is 6.07 Å². The van der Waals surface area contributed by atoms with Gasteiger partial charge in [-0.05, 0) is 35.4 Å². The molecule has 0 aliphatic rings. The number of alkyl halides is 1. The Morgan fingerprint density at radius 2 is 1.57 bits per heavy atom. The zero-order valence-electron chi connectivity index (χ0n) is 11.0. The van der Waals surface area contributed by atoms with Crippen molar-refractivity contribution in [1.29, 1.82) is 0 Å². The maximum atomic E-state index is 11.0. The Morgan fingerprint density at radius 3 is 2.14 bits per heavy atom. The van der Waals surface area contributed by atoms with Crippen molar-refractivity contribution >= 4 is 29.7 Å². The lowest BCUT2D eigenvalue weighted by Gasteiger charge is -2.02. The molecule has 108 valence electrons. The molecule has 0 aromatic heterocycles. The highest BCUT2D eigenvalue weighted by Crippen LogP contribution is 2.22. The number of rotatable bonds is 4. The van der Waals surface area contributed by atoms with Crippen molar-refractivity contribution in [2.75, 3.05) is 5.88 Å². The van der Waals surface area contributed by atoms with Crippen molar-refractivity contribution in [3.8, 4) is 17.2 Å². The molecule has 4 nitrogen and oxygen atoms in total. The topological polar surface area (TPSA) is 66.8 Å². The third-order valence-corrected chi connectivity index (χ3v) is 2.83. The summed E-state index contributed by atoms with van der Waals surface area (Å²) in [5, 5.41) is 18.8. The van der Waals surface area contributed by atoms with Gasteiger partial charge in [0.2, 0.25) is 0 Å². The second-order valence-corrected chi connectivity index (χ2v) is 4.56. The molecule has 2 aromatic carbocycles. The maximum Gasteiger partial charge on any atom is 0.326 e. The second-order valence-electron chi connectivity index (χ2n) is 4.29. The summed E-state index contributed by atoms with van der Waals surface area (Å²) in [7, 11) is 0. The number of carbonyl (C=O) groups is 1. The van der Waals surface area contributed by atoms with Crippen molar-refractivity contribution < 1.29 is 19.7 Å². The van der Waals surface area contributed by atoms with Gasteiger partial charge in [-0.15, -0.1) is 11.6 Å². The van der Waals surface area contributed by atoms with Gasteiger partial charge >= 0.3 is 5.97 Å². The third kappa shape index (κ3) is 4.54. The normalized spacial score (nSPS) is 10.7. The highest BCUT2D eigenvalue weighted by Gasteiger charge is 2.01. The van der Waals surface area contributed by atoms with Gasteiger partial charge in [-0.1, -0.05) is 24.3 Å². The average molecular weight is 305 g/mol. The van der Waals surface area contributed by atoms with E-state index in [-0.39, 0.29) is 17.4 Å². The van der Waals surface area contributed by atoms with E-state index >= 15 is 0 Å². The van der Waals surface area contributed by atoms with E-state index in [1.54, 1.807) is 36.4 Å². The lowest BCUT2D eigenvalue weighted by atomic mass is 10.1. The first-order valence-corrected chi connectivity index (χ1v) is 6.68. The van der Waals surface area contributed by atoms with Crippen molar-refractivity contribution in [1.82, 2.24) is 0 Å². The van der Waals surface area contributed by atoms with Gasteiger partial charge < -0.3 is 14.9 Å². The number of ether oxygens (including phenoxy) is 1. The Kier molecular flexibility index (Phi) is 4.85. The van der Waals surface area contributed by atoms with Gasteiger partial charge in [0.25, 0.3) is 0 Å². The molecule has 0 spiro atoms. The van der Waals surface area contributed by atoms with E-state index in [9.17, 15) is 15.0 Å². The van der Waals surface area contributed by atoms with Gasteiger partial charge in [0.05, 0.1) is 0 Å². The SMILES string of the molecule is O=C(CCl)Oc1ccc(/C=C/c2cc(O)cc(O)c2)cc1. The average Bonchev–Trinajstić information content (AvgIpc) is 2.45. The van der Waals surface area contributed by atoms with E-state index in [0.717, 1.165) is 5.56 Å². The summed E-state index contributed by atoms with van der Waals surface area (Å²) in [6.07, 6.45) is 3.56. The predicted octanol–water partition coefficient (Wildman–Crippen LogP) is 3.41. The van der Waals surface area contributed by atoms with Gasteiger partial charge in [-0.3, -0.25) is 4.79 Å². The van der Waals surface area contributed by atoms with Crippen molar-refractivity contribution in [3.05, 3.63) is 53.6 Å². The van der Waals surface area contributed by atoms with Gasteiger partial charge in [-0.2, -0.15) is 0 Å². The number of hydrogen-bond acceptors (Lipinski definition) is 4. The number of carbonyl (C=O) groups excluding carboxylic acids is 1. The van der Waals surface area contributed by atoms with E-state index in [1.807, 2.05) is 0 Å². The third-order valence-electron chi connectivity index (χ3n) is 2.61. The number of halogens is 1. The van der Waals surface area contributed by atoms with Gasteiger partial charge in [0.15, 0.2) is 0 Å². The number of benzene rings is 2. The molecule has 2 N–H and O–H groups in total. The quantitative estimate of drug-likeness (QED) is 0.393. The highest BCUT2D eigenvalue weighted by atomic mass is 35.5. The second kappa shape index (κ2) is 6.81. The van der Waals surface area contributed by atoms with Crippen LogP contribution >= 0.6 is 11.6 Å². The molecule has 21 heavy (non-hydrogen) atoms. The molecule has 2 rings (SSSR count). The van der Waals surface area contributed by atoms with E-state index in [0.29, 0.717) is 11.3 Å². The van der Waals surface area contributed by atoms with E-state index < -0.39 is 5.97 Å². The van der Waals surface area contributed by atoms with Gasteiger partial charge in [-0.25, -0.2) is 0 Å². The number of phenols is 2. The number of hydrogen-bond donors (Lipinski definition) is 2. The van der Waals surface area contributed by atoms with E-state index in [1.165, 1.54) is 18.2 Å². The van der Waals surface area contributed by atoms with E-state index in [4.69, 9.17) is 16.3 Å². The van der Waals surface area contributed by atoms with Gasteiger partial charge in [0.1, 0.15) is 23.1 Å². The summed E-state index contributed by atoms with van der Waals surface area (Å²) in [5.74, 6) is -0.276. The van der Waals surface area contributed by atoms with Crippen LogP contribution < -0.4 is 4.74 Å². The molecule has 5 heteroatoms. The summed E-state index contributed by atoms with van der Waals surface area (Å²) >= 11 is 5.35. The molecule has 0 aliphatic heterocycles. The van der Waals surface area contributed by atoms with Crippen LogP contribution in [0.2, 0.25) is 0 Å². The minimum absolute atomic E-state index is 0.00187. The molecule has 0 unspecified atom stereocenters. The molecule has 0 fully saturated rings. The van der Waals surface area contributed by atoms with Crippen molar-refractivity contribution in [2.45, 2.75) is 0 Å². The molecule has 0 aliphatic carbocycles. The lowest BCUT2D eigenvalue weighted by Crippen LogP contribution is -2.08. The van der Waals surface area contributed by atoms with Crippen LogP contribution in [0, 0.1) is 0 Å². The summed E-state index contributed by atoms with van der Waals surface area (Å²) < 4.78 is 4.95. The fourth-order valence-electron chi connectivity index (χ4n) is 1.71. The Hall–Kier alpha value is -2.46.